The first-order valence-electron chi connectivity index (χ1n) is 9.14. The van der Waals surface area contributed by atoms with E-state index in [1.807, 2.05) is 23.1 Å². The summed E-state index contributed by atoms with van der Waals surface area (Å²) < 4.78 is 0. The van der Waals surface area contributed by atoms with E-state index in [1.165, 1.54) is 16.5 Å². The number of piperazine rings is 1. The van der Waals surface area contributed by atoms with Gasteiger partial charge in [-0.3, -0.25) is 14.9 Å². The smallest absolute Gasteiger partial charge is 0.272 e. The second-order valence-corrected chi connectivity index (χ2v) is 6.82. The monoisotopic (exact) mass is 366 g/mol. The summed E-state index contributed by atoms with van der Waals surface area (Å²) in [6, 6.07) is 14.8. The van der Waals surface area contributed by atoms with Crippen LogP contribution in [0.25, 0.3) is 6.08 Å². The summed E-state index contributed by atoms with van der Waals surface area (Å²) in [5.41, 5.74) is 2.27. The standard InChI is InChI=1S/C21H23N3O3/c1-17-16-19(9-10-20(17)24(26)27)21(25)23-14-12-22(13-15-23)11-5-8-18-6-3-2-4-7-18/h2-10,16H,11-15H2,1H3/p+1/b8-5+. The van der Waals surface area contributed by atoms with Crippen LogP contribution in [0.15, 0.2) is 54.6 Å². The molecule has 1 aliphatic heterocycles. The molecular formula is C21H24N3O3+. The van der Waals surface area contributed by atoms with E-state index in [1.54, 1.807) is 19.1 Å². The number of quaternary nitrogens is 1. The van der Waals surface area contributed by atoms with E-state index in [-0.39, 0.29) is 11.6 Å². The molecule has 1 aliphatic rings. The average molecular weight is 366 g/mol. The molecule has 1 fully saturated rings. The number of hydrogen-bond acceptors (Lipinski definition) is 3. The number of nitrogens with one attached hydrogen (secondary N) is 1. The van der Waals surface area contributed by atoms with Crippen molar-refractivity contribution in [3.63, 3.8) is 0 Å². The zero-order valence-corrected chi connectivity index (χ0v) is 15.4. The van der Waals surface area contributed by atoms with Crippen molar-refractivity contribution in [3.05, 3.63) is 81.4 Å². The molecule has 3 rings (SSSR count). The van der Waals surface area contributed by atoms with Gasteiger partial charge in [-0.15, -0.1) is 0 Å². The largest absolute Gasteiger partial charge is 0.329 e. The number of carbonyl (C=O) groups excluding carboxylic acids is 1. The normalized spacial score (nSPS) is 15.2. The van der Waals surface area contributed by atoms with Crippen LogP contribution in [0.4, 0.5) is 5.69 Å². The molecule has 2 aromatic carbocycles. The molecule has 27 heavy (non-hydrogen) atoms. The van der Waals surface area contributed by atoms with Gasteiger partial charge in [0, 0.05) is 17.2 Å². The maximum atomic E-state index is 12.7. The number of amides is 1. The van der Waals surface area contributed by atoms with Crippen molar-refractivity contribution < 1.29 is 14.6 Å². The molecule has 0 aromatic heterocycles. The van der Waals surface area contributed by atoms with E-state index in [2.05, 4.69) is 24.3 Å². The summed E-state index contributed by atoms with van der Waals surface area (Å²) in [6.45, 7) is 5.80. The van der Waals surface area contributed by atoms with Crippen LogP contribution in [0.1, 0.15) is 21.5 Å². The molecule has 0 aliphatic carbocycles. The highest BCUT2D eigenvalue weighted by atomic mass is 16.6. The van der Waals surface area contributed by atoms with Crippen LogP contribution < -0.4 is 4.90 Å². The summed E-state index contributed by atoms with van der Waals surface area (Å²) in [5.74, 6) is -0.0492. The van der Waals surface area contributed by atoms with Crippen LogP contribution in [0.5, 0.6) is 0 Å². The fourth-order valence-electron chi connectivity index (χ4n) is 3.33. The van der Waals surface area contributed by atoms with Crippen molar-refractivity contribution in [3.8, 4) is 0 Å². The third kappa shape index (κ3) is 4.80. The Morgan fingerprint density at radius 2 is 1.89 bits per heavy atom. The number of nitrogens with zero attached hydrogens (tertiary/aromatic N) is 2. The summed E-state index contributed by atoms with van der Waals surface area (Å²) in [5, 5.41) is 10.9. The highest BCUT2D eigenvalue weighted by molar-refractivity contribution is 5.94. The number of rotatable bonds is 5. The first kappa shape index (κ1) is 18.8. The Labute approximate surface area is 158 Å². The van der Waals surface area contributed by atoms with Crippen molar-refractivity contribution in [2.75, 3.05) is 32.7 Å². The number of benzene rings is 2. The SMILES string of the molecule is Cc1cc(C(=O)N2CC[NH+](C/C=C/c3ccccc3)CC2)ccc1[N+](=O)[O-]. The molecular weight excluding hydrogens is 342 g/mol. The lowest BCUT2D eigenvalue weighted by atomic mass is 10.1. The van der Waals surface area contributed by atoms with Crippen LogP contribution in [0.2, 0.25) is 0 Å². The highest BCUT2D eigenvalue weighted by Crippen LogP contribution is 2.19. The van der Waals surface area contributed by atoms with E-state index in [0.717, 1.165) is 19.6 Å². The first-order valence-corrected chi connectivity index (χ1v) is 9.14. The van der Waals surface area contributed by atoms with Crippen molar-refractivity contribution in [2.24, 2.45) is 0 Å². The number of nitro benzene ring substituents is 1. The quantitative estimate of drug-likeness (QED) is 0.650. The molecule has 0 spiro atoms. The molecule has 0 saturated carbocycles. The van der Waals surface area contributed by atoms with E-state index in [0.29, 0.717) is 24.2 Å². The number of aryl methyl sites for hydroxylation is 1. The van der Waals surface area contributed by atoms with Gasteiger partial charge in [0.2, 0.25) is 0 Å². The van der Waals surface area contributed by atoms with Crippen molar-refractivity contribution >= 4 is 17.7 Å². The maximum Gasteiger partial charge on any atom is 0.272 e. The zero-order chi connectivity index (χ0) is 19.2. The van der Waals surface area contributed by atoms with Crippen LogP contribution >= 0.6 is 0 Å². The average Bonchev–Trinajstić information content (AvgIpc) is 2.68. The molecule has 0 radical (unpaired) electrons. The third-order valence-corrected chi connectivity index (χ3v) is 4.91. The predicted molar refractivity (Wildman–Crippen MR) is 105 cm³/mol. The molecule has 0 unspecified atom stereocenters. The van der Waals surface area contributed by atoms with Gasteiger partial charge in [-0.2, -0.15) is 0 Å². The molecule has 6 nitrogen and oxygen atoms in total. The highest BCUT2D eigenvalue weighted by Gasteiger charge is 2.24. The molecule has 0 atom stereocenters. The Bertz CT molecular complexity index is 841. The predicted octanol–water partition coefficient (Wildman–Crippen LogP) is 1.96. The Hall–Kier alpha value is -2.99. The van der Waals surface area contributed by atoms with Gasteiger partial charge in [0.15, 0.2) is 0 Å². The molecule has 2 aromatic rings. The third-order valence-electron chi connectivity index (χ3n) is 4.91. The van der Waals surface area contributed by atoms with Gasteiger partial charge in [0.05, 0.1) is 37.6 Å². The van der Waals surface area contributed by atoms with Crippen LogP contribution in [0.3, 0.4) is 0 Å². The zero-order valence-electron chi connectivity index (χ0n) is 15.4. The van der Waals surface area contributed by atoms with Gasteiger partial charge in [0.1, 0.15) is 0 Å². The van der Waals surface area contributed by atoms with Crippen molar-refractivity contribution in [1.82, 2.24) is 4.90 Å². The van der Waals surface area contributed by atoms with Crippen LogP contribution in [-0.4, -0.2) is 48.5 Å². The lowest BCUT2D eigenvalue weighted by Gasteiger charge is -2.31. The molecule has 1 saturated heterocycles. The topological polar surface area (TPSA) is 67.9 Å². The van der Waals surface area contributed by atoms with Gasteiger partial charge in [-0.1, -0.05) is 36.4 Å². The van der Waals surface area contributed by atoms with Gasteiger partial charge in [0.25, 0.3) is 11.6 Å². The molecule has 140 valence electrons. The van der Waals surface area contributed by atoms with Crippen molar-refractivity contribution in [2.45, 2.75) is 6.92 Å². The minimum Gasteiger partial charge on any atom is -0.329 e. The van der Waals surface area contributed by atoms with Gasteiger partial charge >= 0.3 is 0 Å². The first-order chi connectivity index (χ1) is 13.0. The lowest BCUT2D eigenvalue weighted by Crippen LogP contribution is -3.14. The molecule has 1 N–H and O–H groups in total. The number of carbonyl (C=O) groups is 1. The molecule has 1 amide bonds. The lowest BCUT2D eigenvalue weighted by molar-refractivity contribution is -0.898. The minimum absolute atomic E-state index is 0.0472. The van der Waals surface area contributed by atoms with Gasteiger partial charge < -0.3 is 9.80 Å². The van der Waals surface area contributed by atoms with E-state index >= 15 is 0 Å². The maximum absolute atomic E-state index is 12.7. The van der Waals surface area contributed by atoms with E-state index in [4.69, 9.17) is 0 Å². The molecule has 6 heteroatoms. The Morgan fingerprint density at radius 3 is 2.52 bits per heavy atom. The van der Waals surface area contributed by atoms with E-state index < -0.39 is 4.92 Å². The minimum atomic E-state index is -0.422. The second kappa shape index (κ2) is 8.60. The Morgan fingerprint density at radius 1 is 1.19 bits per heavy atom. The number of nitro groups is 1. The van der Waals surface area contributed by atoms with Gasteiger partial charge in [-0.25, -0.2) is 0 Å². The summed E-state index contributed by atoms with van der Waals surface area (Å²) >= 11 is 0. The second-order valence-electron chi connectivity index (χ2n) is 6.82. The van der Waals surface area contributed by atoms with Crippen LogP contribution in [-0.2, 0) is 0 Å². The number of hydrogen-bond donors (Lipinski definition) is 1. The van der Waals surface area contributed by atoms with Crippen LogP contribution in [0, 0.1) is 17.0 Å². The van der Waals surface area contributed by atoms with E-state index in [9.17, 15) is 14.9 Å². The molecule has 1 heterocycles. The summed E-state index contributed by atoms with van der Waals surface area (Å²) in [4.78, 5) is 26.5. The Balaban J connectivity index is 1.53. The van der Waals surface area contributed by atoms with Gasteiger partial charge in [-0.05, 0) is 30.7 Å². The van der Waals surface area contributed by atoms with Crippen molar-refractivity contribution in [1.29, 1.82) is 0 Å². The Kier molecular flexibility index (Phi) is 5.98. The fraction of sp³-hybridized carbons (Fsp3) is 0.286. The summed E-state index contributed by atoms with van der Waals surface area (Å²) in [6.07, 6.45) is 4.31. The summed E-state index contributed by atoms with van der Waals surface area (Å²) in [7, 11) is 0. The molecule has 0 bridgehead atoms. The fourth-order valence-corrected chi connectivity index (χ4v) is 3.33.